The van der Waals surface area contributed by atoms with E-state index in [1.807, 2.05) is 19.2 Å². The van der Waals surface area contributed by atoms with Gasteiger partial charge in [0.1, 0.15) is 18.0 Å². The molecule has 6 nitrogen and oxygen atoms in total. The zero-order chi connectivity index (χ0) is 24.2. The number of halogens is 1. The third-order valence-electron chi connectivity index (χ3n) is 5.65. The van der Waals surface area contributed by atoms with E-state index >= 15 is 0 Å². The van der Waals surface area contributed by atoms with Crippen molar-refractivity contribution in [1.29, 1.82) is 0 Å². The predicted molar refractivity (Wildman–Crippen MR) is 137 cm³/mol. The van der Waals surface area contributed by atoms with E-state index in [1.165, 1.54) is 12.1 Å². The number of thiophene rings is 1. The van der Waals surface area contributed by atoms with Crippen LogP contribution in [0.2, 0.25) is 0 Å². The van der Waals surface area contributed by atoms with Crippen LogP contribution in [-0.4, -0.2) is 20.9 Å². The van der Waals surface area contributed by atoms with Gasteiger partial charge in [0.2, 0.25) is 0 Å². The Morgan fingerprint density at radius 1 is 1.06 bits per heavy atom. The van der Waals surface area contributed by atoms with Crippen LogP contribution < -0.4 is 10.6 Å². The fraction of sp³-hybridized carbons (Fsp3) is 0.111. The second-order valence-corrected chi connectivity index (χ2v) is 9.23. The van der Waals surface area contributed by atoms with Crippen molar-refractivity contribution < 1.29 is 9.18 Å². The van der Waals surface area contributed by atoms with E-state index in [4.69, 9.17) is 0 Å². The number of hydrogen-bond acceptors (Lipinski definition) is 6. The quantitative estimate of drug-likeness (QED) is 0.297. The molecule has 0 bridgehead atoms. The first kappa shape index (κ1) is 22.6. The second-order valence-electron chi connectivity index (χ2n) is 8.06. The molecule has 5 aromatic rings. The van der Waals surface area contributed by atoms with E-state index in [0.717, 1.165) is 31.8 Å². The average molecular weight is 484 g/mol. The van der Waals surface area contributed by atoms with Gasteiger partial charge in [-0.25, -0.2) is 19.3 Å². The van der Waals surface area contributed by atoms with Crippen LogP contribution in [0.3, 0.4) is 0 Å². The molecule has 0 aliphatic rings. The molecule has 0 fully saturated rings. The number of nitrogens with one attached hydrogen (secondary N) is 2. The molecule has 0 radical (unpaired) electrons. The number of amides is 1. The summed E-state index contributed by atoms with van der Waals surface area (Å²) in [6.45, 7) is 2.40. The molecule has 0 spiro atoms. The summed E-state index contributed by atoms with van der Waals surface area (Å²) < 4.78 is 13.2. The van der Waals surface area contributed by atoms with Crippen LogP contribution in [0.4, 0.5) is 10.2 Å². The summed E-state index contributed by atoms with van der Waals surface area (Å²) in [6.07, 6.45) is 5.01. The van der Waals surface area contributed by atoms with E-state index in [0.29, 0.717) is 17.9 Å². The first-order chi connectivity index (χ1) is 17.1. The molecule has 2 N–H and O–H groups in total. The summed E-state index contributed by atoms with van der Waals surface area (Å²) >= 11 is 1.67. The van der Waals surface area contributed by atoms with Gasteiger partial charge in [0, 0.05) is 27.5 Å². The minimum Gasteiger partial charge on any atom is -0.365 e. The summed E-state index contributed by atoms with van der Waals surface area (Å²) in [5.41, 5.74) is 3.30. The fourth-order valence-corrected chi connectivity index (χ4v) is 4.72. The number of anilines is 1. The van der Waals surface area contributed by atoms with E-state index in [2.05, 4.69) is 49.9 Å². The van der Waals surface area contributed by atoms with Crippen LogP contribution in [0, 0.1) is 5.82 Å². The van der Waals surface area contributed by atoms with E-state index in [9.17, 15) is 9.18 Å². The highest BCUT2D eigenvalue weighted by Gasteiger charge is 2.16. The molecule has 8 heteroatoms. The van der Waals surface area contributed by atoms with Gasteiger partial charge in [-0.1, -0.05) is 18.2 Å². The Kier molecular flexibility index (Phi) is 6.45. The van der Waals surface area contributed by atoms with Gasteiger partial charge >= 0.3 is 0 Å². The van der Waals surface area contributed by atoms with Crippen LogP contribution in [0.5, 0.6) is 0 Å². The Morgan fingerprint density at radius 3 is 2.77 bits per heavy atom. The molecule has 1 atom stereocenters. The highest BCUT2D eigenvalue weighted by molar-refractivity contribution is 7.15. The standard InChI is InChI=1S/C27H22FN5OS/c1-17(18-4-7-21(28)8-5-18)33-27(34)23-3-2-12-30-26(23)31-15-22-9-11-25(35-22)19-6-10-24-20(13-19)14-29-16-32-24/h2-14,16-17H,15H2,1H3,(H,30,31)(H,33,34). The maximum Gasteiger partial charge on any atom is 0.255 e. The van der Waals surface area contributed by atoms with Gasteiger partial charge in [-0.05, 0) is 66.6 Å². The first-order valence-electron chi connectivity index (χ1n) is 11.1. The number of aromatic nitrogens is 3. The number of benzene rings is 2. The second kappa shape index (κ2) is 9.99. The lowest BCUT2D eigenvalue weighted by Gasteiger charge is -2.16. The van der Waals surface area contributed by atoms with Gasteiger partial charge in [0.15, 0.2) is 0 Å². The third kappa shape index (κ3) is 5.17. The fourth-order valence-electron chi connectivity index (χ4n) is 3.78. The Morgan fingerprint density at radius 2 is 1.91 bits per heavy atom. The van der Waals surface area contributed by atoms with Crippen LogP contribution >= 0.6 is 11.3 Å². The van der Waals surface area contributed by atoms with Gasteiger partial charge < -0.3 is 10.6 Å². The molecule has 3 heterocycles. The van der Waals surface area contributed by atoms with Crippen molar-refractivity contribution in [3.05, 3.63) is 107 Å². The highest BCUT2D eigenvalue weighted by Crippen LogP contribution is 2.30. The summed E-state index contributed by atoms with van der Waals surface area (Å²) in [6, 6.07) is 19.6. The van der Waals surface area contributed by atoms with Gasteiger partial charge in [-0.15, -0.1) is 11.3 Å². The monoisotopic (exact) mass is 483 g/mol. The number of carbonyl (C=O) groups excluding carboxylic acids is 1. The molecule has 0 aliphatic carbocycles. The zero-order valence-corrected chi connectivity index (χ0v) is 19.7. The summed E-state index contributed by atoms with van der Waals surface area (Å²) in [5, 5.41) is 7.25. The molecule has 2 aromatic carbocycles. The van der Waals surface area contributed by atoms with Crippen molar-refractivity contribution in [3.8, 4) is 10.4 Å². The number of pyridine rings is 1. The molecule has 3 aromatic heterocycles. The van der Waals surface area contributed by atoms with Crippen molar-refractivity contribution in [1.82, 2.24) is 20.3 Å². The summed E-state index contributed by atoms with van der Waals surface area (Å²) in [7, 11) is 0. The number of fused-ring (bicyclic) bond motifs is 1. The van der Waals surface area contributed by atoms with Crippen molar-refractivity contribution in [2.24, 2.45) is 0 Å². The summed E-state index contributed by atoms with van der Waals surface area (Å²) in [5.74, 6) is -0.0471. The maximum absolute atomic E-state index is 13.2. The van der Waals surface area contributed by atoms with Crippen LogP contribution in [-0.2, 0) is 6.54 Å². The van der Waals surface area contributed by atoms with E-state index < -0.39 is 0 Å². The normalized spacial score (nSPS) is 11.8. The van der Waals surface area contributed by atoms with Crippen LogP contribution in [0.25, 0.3) is 21.3 Å². The Labute approximate surface area is 205 Å². The van der Waals surface area contributed by atoms with Crippen molar-refractivity contribution in [2.45, 2.75) is 19.5 Å². The van der Waals surface area contributed by atoms with Gasteiger partial charge in [0.25, 0.3) is 5.91 Å². The summed E-state index contributed by atoms with van der Waals surface area (Å²) in [4.78, 5) is 28.0. The molecule has 1 amide bonds. The Balaban J connectivity index is 1.27. The largest absolute Gasteiger partial charge is 0.365 e. The van der Waals surface area contributed by atoms with Crippen LogP contribution in [0.1, 0.15) is 33.8 Å². The van der Waals surface area contributed by atoms with Crippen molar-refractivity contribution >= 4 is 34.0 Å². The smallest absolute Gasteiger partial charge is 0.255 e. The number of hydrogen-bond donors (Lipinski definition) is 2. The molecule has 35 heavy (non-hydrogen) atoms. The molecule has 0 saturated carbocycles. The molecular weight excluding hydrogens is 461 g/mol. The zero-order valence-electron chi connectivity index (χ0n) is 18.9. The number of nitrogens with zero attached hydrogens (tertiary/aromatic N) is 3. The maximum atomic E-state index is 13.2. The topological polar surface area (TPSA) is 79.8 Å². The lowest BCUT2D eigenvalue weighted by atomic mass is 10.1. The SMILES string of the molecule is CC(NC(=O)c1cccnc1NCc1ccc(-c2ccc3ncncc3c2)s1)c1ccc(F)cc1. The van der Waals surface area contributed by atoms with E-state index in [1.54, 1.807) is 48.1 Å². The van der Waals surface area contributed by atoms with Gasteiger partial charge in [0.05, 0.1) is 23.7 Å². The number of carbonyl (C=O) groups is 1. The molecule has 1 unspecified atom stereocenters. The lowest BCUT2D eigenvalue weighted by Crippen LogP contribution is -2.27. The molecule has 0 aliphatic heterocycles. The van der Waals surface area contributed by atoms with E-state index in [-0.39, 0.29) is 17.8 Å². The van der Waals surface area contributed by atoms with Crippen molar-refractivity contribution in [2.75, 3.05) is 5.32 Å². The minimum atomic E-state index is -0.308. The van der Waals surface area contributed by atoms with Gasteiger partial charge in [-0.3, -0.25) is 4.79 Å². The highest BCUT2D eigenvalue weighted by atomic mass is 32.1. The molecule has 174 valence electrons. The van der Waals surface area contributed by atoms with Crippen LogP contribution in [0.15, 0.2) is 85.5 Å². The Bertz CT molecular complexity index is 1480. The molecule has 5 rings (SSSR count). The predicted octanol–water partition coefficient (Wildman–Crippen LogP) is 6.00. The van der Waals surface area contributed by atoms with Gasteiger partial charge in [-0.2, -0.15) is 0 Å². The molecule has 0 saturated heterocycles. The molecular formula is C27H22FN5OS. The first-order valence-corrected chi connectivity index (χ1v) is 11.9. The third-order valence-corrected chi connectivity index (χ3v) is 6.79. The number of rotatable bonds is 7. The van der Waals surface area contributed by atoms with Crippen molar-refractivity contribution in [3.63, 3.8) is 0 Å². The lowest BCUT2D eigenvalue weighted by molar-refractivity contribution is 0.0940. The Hall–Kier alpha value is -4.17. The average Bonchev–Trinajstić information content (AvgIpc) is 3.37. The minimum absolute atomic E-state index is 0.248.